The first-order valence-corrected chi connectivity index (χ1v) is 12.3. The first kappa shape index (κ1) is 23.1. The molecule has 2 aromatic rings. The summed E-state index contributed by atoms with van der Waals surface area (Å²) in [5.41, 5.74) is 4.55. The minimum Gasteiger partial charge on any atom is -0.476 e. The van der Waals surface area contributed by atoms with Gasteiger partial charge in [0.15, 0.2) is 6.10 Å². The third-order valence-electron chi connectivity index (χ3n) is 5.65. The van der Waals surface area contributed by atoms with Crippen LogP contribution in [-0.2, 0) is 20.2 Å². The normalized spacial score (nSPS) is 17.5. The highest BCUT2D eigenvalue weighted by Crippen LogP contribution is 2.38. The number of hydrogen-bond acceptors (Lipinski definition) is 4. The van der Waals surface area contributed by atoms with Gasteiger partial charge in [0.25, 0.3) is 5.91 Å². The molecule has 1 N–H and O–H groups in total. The number of aryl methyl sites for hydroxylation is 2. The number of nitrogens with zero attached hydrogens (tertiary/aromatic N) is 1. The maximum atomic E-state index is 13.0. The van der Waals surface area contributed by atoms with E-state index >= 15 is 0 Å². The number of benzene rings is 2. The van der Waals surface area contributed by atoms with E-state index in [0.29, 0.717) is 11.4 Å². The molecule has 0 aliphatic carbocycles. The quantitative estimate of drug-likeness (QED) is 0.773. The predicted molar refractivity (Wildman–Crippen MR) is 124 cm³/mol. The van der Waals surface area contributed by atoms with Crippen LogP contribution in [0, 0.1) is 13.8 Å². The van der Waals surface area contributed by atoms with Crippen molar-refractivity contribution in [2.75, 3.05) is 17.1 Å². The third kappa shape index (κ3) is 5.03. The van der Waals surface area contributed by atoms with E-state index in [-0.39, 0.29) is 23.9 Å². The van der Waals surface area contributed by atoms with Gasteiger partial charge in [0.1, 0.15) is 5.75 Å². The second-order valence-electron chi connectivity index (χ2n) is 9.42. The van der Waals surface area contributed by atoms with Crippen LogP contribution in [0.15, 0.2) is 36.4 Å². The highest BCUT2D eigenvalue weighted by atomic mass is 32.2. The van der Waals surface area contributed by atoms with Crippen LogP contribution in [0.25, 0.3) is 0 Å². The molecule has 2 aromatic carbocycles. The van der Waals surface area contributed by atoms with E-state index in [0.717, 1.165) is 28.5 Å². The molecule has 7 heteroatoms. The molecule has 0 fully saturated rings. The number of carbonyl (C=O) groups is 1. The molecule has 0 spiro atoms. The molecular weight excluding hydrogens is 412 g/mol. The molecule has 2 atom stereocenters. The molecule has 1 aliphatic rings. The van der Waals surface area contributed by atoms with Gasteiger partial charge in [-0.05, 0) is 55.0 Å². The number of fused-ring (bicyclic) bond motifs is 1. The molecule has 168 valence electrons. The predicted octanol–water partition coefficient (Wildman–Crippen LogP) is 4.01. The lowest BCUT2D eigenvalue weighted by atomic mass is 9.86. The molecule has 0 aromatic heterocycles. The van der Waals surface area contributed by atoms with Crippen LogP contribution in [0.3, 0.4) is 0 Å². The topological polar surface area (TPSA) is 75.7 Å². The lowest BCUT2D eigenvalue weighted by molar-refractivity contribution is -0.128. The largest absolute Gasteiger partial charge is 0.476 e. The van der Waals surface area contributed by atoms with Gasteiger partial charge in [-0.25, -0.2) is 8.42 Å². The summed E-state index contributed by atoms with van der Waals surface area (Å²) >= 11 is 0. The smallest absolute Gasteiger partial charge is 0.263 e. The number of sulfonamides is 1. The minimum atomic E-state index is -3.59. The summed E-state index contributed by atoms with van der Waals surface area (Å²) in [5, 5.41) is 2.99. The Balaban J connectivity index is 1.88. The molecule has 0 saturated carbocycles. The van der Waals surface area contributed by atoms with E-state index < -0.39 is 16.1 Å². The van der Waals surface area contributed by atoms with Crippen molar-refractivity contribution in [1.82, 2.24) is 5.32 Å². The Labute approximate surface area is 185 Å². The van der Waals surface area contributed by atoms with Crippen LogP contribution in [0.2, 0.25) is 0 Å². The molecule has 0 saturated heterocycles. The van der Waals surface area contributed by atoms with Gasteiger partial charge in [-0.3, -0.25) is 9.10 Å². The molecule has 6 nitrogen and oxygen atoms in total. The maximum Gasteiger partial charge on any atom is 0.263 e. The monoisotopic (exact) mass is 444 g/mol. The van der Waals surface area contributed by atoms with Crippen LogP contribution in [0.5, 0.6) is 5.75 Å². The van der Waals surface area contributed by atoms with Gasteiger partial charge in [0, 0.05) is 0 Å². The van der Waals surface area contributed by atoms with Gasteiger partial charge in [-0.15, -0.1) is 0 Å². The SMILES string of the molecule is Cc1ccc(C)c([C@H](C)NC(=O)[C@@H]2CN(S(C)(=O)=O)c3cc(C(C)(C)C)ccc3O2)c1. The van der Waals surface area contributed by atoms with Crippen molar-refractivity contribution < 1.29 is 17.9 Å². The van der Waals surface area contributed by atoms with Crippen molar-refractivity contribution in [3.05, 3.63) is 58.7 Å². The van der Waals surface area contributed by atoms with E-state index in [2.05, 4.69) is 26.1 Å². The third-order valence-corrected chi connectivity index (χ3v) is 6.79. The minimum absolute atomic E-state index is 0.0647. The summed E-state index contributed by atoms with van der Waals surface area (Å²) in [6.45, 7) is 12.1. The average Bonchev–Trinajstić information content (AvgIpc) is 2.66. The number of carbonyl (C=O) groups excluding carboxylic acids is 1. The fourth-order valence-electron chi connectivity index (χ4n) is 3.78. The van der Waals surface area contributed by atoms with E-state index in [1.807, 2.05) is 51.1 Å². The maximum absolute atomic E-state index is 13.0. The van der Waals surface area contributed by atoms with Gasteiger partial charge in [0.05, 0.1) is 24.5 Å². The van der Waals surface area contributed by atoms with Crippen molar-refractivity contribution in [3.8, 4) is 5.75 Å². The molecule has 1 heterocycles. The van der Waals surface area contributed by atoms with Crippen molar-refractivity contribution in [2.24, 2.45) is 0 Å². The number of amides is 1. The Morgan fingerprint density at radius 2 is 1.84 bits per heavy atom. The fourth-order valence-corrected chi connectivity index (χ4v) is 4.69. The first-order valence-electron chi connectivity index (χ1n) is 10.4. The summed E-state index contributed by atoms with van der Waals surface area (Å²) in [6, 6.07) is 11.4. The van der Waals surface area contributed by atoms with Crippen LogP contribution >= 0.6 is 0 Å². The number of nitrogens with one attached hydrogen (secondary N) is 1. The zero-order valence-electron chi connectivity index (χ0n) is 19.3. The van der Waals surface area contributed by atoms with Crippen LogP contribution < -0.4 is 14.4 Å². The number of hydrogen-bond donors (Lipinski definition) is 1. The number of ether oxygens (including phenoxy) is 1. The van der Waals surface area contributed by atoms with Crippen molar-refractivity contribution >= 4 is 21.6 Å². The molecule has 31 heavy (non-hydrogen) atoms. The summed E-state index contributed by atoms with van der Waals surface area (Å²) < 4.78 is 32.3. The Hall–Kier alpha value is -2.54. The second-order valence-corrected chi connectivity index (χ2v) is 11.3. The summed E-state index contributed by atoms with van der Waals surface area (Å²) in [6.07, 6.45) is 0.217. The zero-order chi connectivity index (χ0) is 23.1. The van der Waals surface area contributed by atoms with E-state index in [4.69, 9.17) is 4.74 Å². The summed E-state index contributed by atoms with van der Waals surface area (Å²) in [4.78, 5) is 13.0. The summed E-state index contributed by atoms with van der Waals surface area (Å²) in [5.74, 6) is 0.0526. The molecule has 3 rings (SSSR count). The molecule has 0 radical (unpaired) electrons. The fraction of sp³-hybridized carbons (Fsp3) is 0.458. The number of rotatable bonds is 4. The molecule has 1 aliphatic heterocycles. The Morgan fingerprint density at radius 3 is 2.45 bits per heavy atom. The van der Waals surface area contributed by atoms with Crippen molar-refractivity contribution in [1.29, 1.82) is 0 Å². The number of anilines is 1. The molecular formula is C24H32N2O4S. The van der Waals surface area contributed by atoms with Crippen LogP contribution in [-0.4, -0.2) is 33.2 Å². The summed E-state index contributed by atoms with van der Waals surface area (Å²) in [7, 11) is -3.59. The van der Waals surface area contributed by atoms with Gasteiger partial charge < -0.3 is 10.1 Å². The van der Waals surface area contributed by atoms with E-state index in [9.17, 15) is 13.2 Å². The Morgan fingerprint density at radius 1 is 1.16 bits per heavy atom. The van der Waals surface area contributed by atoms with Crippen LogP contribution in [0.1, 0.15) is 56.0 Å². The lowest BCUT2D eigenvalue weighted by Gasteiger charge is -2.35. The molecule has 0 bridgehead atoms. The molecule has 1 amide bonds. The second kappa shape index (κ2) is 8.19. The highest BCUT2D eigenvalue weighted by Gasteiger charge is 2.36. The van der Waals surface area contributed by atoms with Crippen molar-refractivity contribution in [3.63, 3.8) is 0 Å². The Kier molecular flexibility index (Phi) is 6.11. The average molecular weight is 445 g/mol. The Bertz CT molecular complexity index is 1100. The van der Waals surface area contributed by atoms with E-state index in [1.54, 1.807) is 6.07 Å². The standard InChI is InChI=1S/C24H32N2O4S/c1-15-8-9-16(2)19(12-15)17(3)25-23(27)22-14-26(31(7,28)29)20-13-18(24(4,5)6)10-11-21(20)30-22/h8-13,17,22H,14H2,1-7H3,(H,25,27)/t17-,22-/m0/s1. The zero-order valence-corrected chi connectivity index (χ0v) is 20.1. The van der Waals surface area contributed by atoms with Crippen LogP contribution in [0.4, 0.5) is 5.69 Å². The van der Waals surface area contributed by atoms with E-state index in [1.165, 1.54) is 4.31 Å². The lowest BCUT2D eigenvalue weighted by Crippen LogP contribution is -2.51. The van der Waals surface area contributed by atoms with Crippen molar-refractivity contribution in [2.45, 2.75) is 59.1 Å². The van der Waals surface area contributed by atoms with Gasteiger partial charge in [-0.2, -0.15) is 0 Å². The first-order chi connectivity index (χ1) is 14.3. The highest BCUT2D eigenvalue weighted by molar-refractivity contribution is 7.92. The van der Waals surface area contributed by atoms with Gasteiger partial charge >= 0.3 is 0 Å². The van der Waals surface area contributed by atoms with Gasteiger partial charge in [0.2, 0.25) is 10.0 Å². The molecule has 0 unspecified atom stereocenters. The van der Waals surface area contributed by atoms with Gasteiger partial charge in [-0.1, -0.05) is 50.6 Å².